The summed E-state index contributed by atoms with van der Waals surface area (Å²) in [5, 5.41) is 5.24. The Morgan fingerprint density at radius 2 is 1.63 bits per heavy atom. The fourth-order valence-corrected chi connectivity index (χ4v) is 2.81. The Morgan fingerprint density at radius 1 is 0.971 bits per heavy atom. The summed E-state index contributed by atoms with van der Waals surface area (Å²) in [5.74, 6) is -0.295. The number of nitrogens with zero attached hydrogens (tertiary/aromatic N) is 1. The van der Waals surface area contributed by atoms with Crippen molar-refractivity contribution in [3.05, 3.63) is 71.9 Å². The molecule has 12 heteroatoms. The average molecular weight is 493 g/mol. The van der Waals surface area contributed by atoms with Gasteiger partial charge in [0.2, 0.25) is 5.89 Å². The summed E-state index contributed by atoms with van der Waals surface area (Å²) in [6.07, 6.45) is -2.99. The molecule has 3 rings (SSSR count). The molecule has 2 N–H and O–H groups in total. The van der Waals surface area contributed by atoms with Crippen molar-refractivity contribution >= 4 is 11.8 Å². The van der Waals surface area contributed by atoms with Crippen molar-refractivity contribution in [2.45, 2.75) is 19.3 Å². The lowest BCUT2D eigenvalue weighted by molar-refractivity contribution is -0.274. The van der Waals surface area contributed by atoms with Crippen molar-refractivity contribution < 1.29 is 41.4 Å². The zero-order chi connectivity index (χ0) is 25.3. The summed E-state index contributed by atoms with van der Waals surface area (Å²) in [7, 11) is 1.59. The van der Waals surface area contributed by atoms with Crippen LogP contribution in [0, 0.1) is 0 Å². The normalized spacial score (nSPS) is 11.0. The Labute approximate surface area is 198 Å². The van der Waals surface area contributed by atoms with Crippen LogP contribution in [0.1, 0.15) is 21.9 Å². The zero-order valence-electron chi connectivity index (χ0n) is 18.6. The van der Waals surface area contributed by atoms with E-state index in [9.17, 15) is 22.8 Å². The van der Waals surface area contributed by atoms with Gasteiger partial charge < -0.3 is 29.3 Å². The fraction of sp³-hybridized carbons (Fsp3) is 0.261. The molecular weight excluding hydrogens is 471 g/mol. The SMILES string of the molecule is COc1ccc(CCNC(=O)c2coc(CNC(=O)COc3ccc(OC(F)(F)F)cc3)n2)cc1. The minimum atomic E-state index is -4.79. The molecule has 1 heterocycles. The number of benzene rings is 2. The molecule has 186 valence electrons. The highest BCUT2D eigenvalue weighted by Gasteiger charge is 2.31. The van der Waals surface area contributed by atoms with Crippen molar-refractivity contribution in [3.63, 3.8) is 0 Å². The predicted octanol–water partition coefficient (Wildman–Crippen LogP) is 3.25. The summed E-state index contributed by atoms with van der Waals surface area (Å²) in [5.41, 5.74) is 1.10. The number of oxazole rings is 1. The van der Waals surface area contributed by atoms with Gasteiger partial charge in [-0.2, -0.15) is 0 Å². The minimum Gasteiger partial charge on any atom is -0.497 e. The van der Waals surface area contributed by atoms with Crippen LogP contribution in [0.15, 0.2) is 59.2 Å². The molecular formula is C23H22F3N3O6. The molecule has 0 unspecified atom stereocenters. The monoisotopic (exact) mass is 493 g/mol. The van der Waals surface area contributed by atoms with E-state index < -0.39 is 23.9 Å². The molecule has 0 fully saturated rings. The first kappa shape index (κ1) is 25.4. The molecule has 0 aliphatic carbocycles. The van der Waals surface area contributed by atoms with Gasteiger partial charge >= 0.3 is 6.36 Å². The maximum Gasteiger partial charge on any atom is 0.573 e. The van der Waals surface area contributed by atoms with E-state index >= 15 is 0 Å². The molecule has 35 heavy (non-hydrogen) atoms. The van der Waals surface area contributed by atoms with E-state index in [1.54, 1.807) is 7.11 Å². The zero-order valence-corrected chi connectivity index (χ0v) is 18.6. The first-order valence-electron chi connectivity index (χ1n) is 10.3. The van der Waals surface area contributed by atoms with Crippen LogP contribution in [0.2, 0.25) is 0 Å². The van der Waals surface area contributed by atoms with Gasteiger partial charge in [-0.15, -0.1) is 13.2 Å². The smallest absolute Gasteiger partial charge is 0.497 e. The lowest BCUT2D eigenvalue weighted by Crippen LogP contribution is -2.29. The summed E-state index contributed by atoms with van der Waals surface area (Å²) in [6, 6.07) is 12.1. The Bertz CT molecular complexity index is 1110. The highest BCUT2D eigenvalue weighted by atomic mass is 19.4. The number of hydrogen-bond donors (Lipinski definition) is 2. The number of halogens is 3. The van der Waals surface area contributed by atoms with Gasteiger partial charge in [-0.05, 0) is 48.4 Å². The van der Waals surface area contributed by atoms with Crippen LogP contribution in [0.3, 0.4) is 0 Å². The van der Waals surface area contributed by atoms with Gasteiger partial charge in [-0.25, -0.2) is 4.98 Å². The lowest BCUT2D eigenvalue weighted by Gasteiger charge is -2.10. The van der Waals surface area contributed by atoms with E-state index in [0.717, 1.165) is 23.4 Å². The number of alkyl halides is 3. The third kappa shape index (κ3) is 8.57. The molecule has 0 saturated heterocycles. The third-order valence-corrected chi connectivity index (χ3v) is 4.51. The second-order valence-electron chi connectivity index (χ2n) is 7.07. The number of carbonyl (C=O) groups excluding carboxylic acids is 2. The summed E-state index contributed by atoms with van der Waals surface area (Å²) >= 11 is 0. The largest absolute Gasteiger partial charge is 0.573 e. The molecule has 0 aliphatic rings. The summed E-state index contributed by atoms with van der Waals surface area (Å²) in [4.78, 5) is 28.2. The molecule has 0 spiro atoms. The van der Waals surface area contributed by atoms with Crippen LogP contribution in [0.5, 0.6) is 17.2 Å². The molecule has 9 nitrogen and oxygen atoms in total. The number of hydrogen-bond acceptors (Lipinski definition) is 7. The maximum atomic E-state index is 12.2. The maximum absolute atomic E-state index is 12.2. The first-order chi connectivity index (χ1) is 16.7. The first-order valence-corrected chi connectivity index (χ1v) is 10.3. The summed E-state index contributed by atoms with van der Waals surface area (Å²) < 4.78 is 55.7. The Hall–Kier alpha value is -4.22. The van der Waals surface area contributed by atoms with Gasteiger partial charge in [0.15, 0.2) is 12.3 Å². The predicted molar refractivity (Wildman–Crippen MR) is 116 cm³/mol. The van der Waals surface area contributed by atoms with Crippen LogP contribution in [-0.2, 0) is 17.8 Å². The minimum absolute atomic E-state index is 0.0707. The van der Waals surface area contributed by atoms with Crippen molar-refractivity contribution in [2.24, 2.45) is 0 Å². The van der Waals surface area contributed by atoms with E-state index in [1.165, 1.54) is 18.4 Å². The van der Waals surface area contributed by atoms with Gasteiger partial charge in [0.1, 0.15) is 23.5 Å². The number of aromatic nitrogens is 1. The van der Waals surface area contributed by atoms with Gasteiger partial charge in [-0.3, -0.25) is 9.59 Å². The van der Waals surface area contributed by atoms with Gasteiger partial charge in [-0.1, -0.05) is 12.1 Å². The topological polar surface area (TPSA) is 112 Å². The number of carbonyl (C=O) groups is 2. The Kier molecular flexibility index (Phi) is 8.54. The van der Waals surface area contributed by atoms with Crippen LogP contribution < -0.4 is 24.8 Å². The van der Waals surface area contributed by atoms with Crippen LogP contribution in [0.25, 0.3) is 0 Å². The van der Waals surface area contributed by atoms with Gasteiger partial charge in [0.25, 0.3) is 11.8 Å². The molecule has 0 radical (unpaired) electrons. The number of amides is 2. The molecule has 0 atom stereocenters. The van der Waals surface area contributed by atoms with Crippen molar-refractivity contribution in [1.29, 1.82) is 0 Å². The molecule has 0 aliphatic heterocycles. The number of nitrogens with one attached hydrogen (secondary N) is 2. The van der Waals surface area contributed by atoms with Crippen LogP contribution >= 0.6 is 0 Å². The molecule has 3 aromatic rings. The molecule has 2 aromatic carbocycles. The standard InChI is InChI=1S/C23H22F3N3O6/c1-32-16-4-2-15(3-5-16)10-11-27-22(31)19-13-34-21(29-19)12-28-20(30)14-33-17-6-8-18(9-7-17)35-23(24,25)26/h2-9,13H,10-12,14H2,1H3,(H,27,31)(H,28,30). The van der Waals surface area contributed by atoms with Crippen LogP contribution in [-0.4, -0.2) is 43.4 Å². The quantitative estimate of drug-likeness (QED) is 0.422. The lowest BCUT2D eigenvalue weighted by atomic mass is 10.1. The summed E-state index contributed by atoms with van der Waals surface area (Å²) in [6.45, 7) is -0.0801. The Balaban J connectivity index is 1.36. The van der Waals surface area contributed by atoms with E-state index in [1.807, 2.05) is 24.3 Å². The van der Waals surface area contributed by atoms with E-state index in [2.05, 4.69) is 20.4 Å². The number of rotatable bonds is 11. The average Bonchev–Trinajstić information content (AvgIpc) is 3.31. The van der Waals surface area contributed by atoms with Crippen molar-refractivity contribution in [3.8, 4) is 17.2 Å². The molecule has 0 bridgehead atoms. The molecule has 1 aromatic heterocycles. The molecule has 0 saturated carbocycles. The highest BCUT2D eigenvalue weighted by molar-refractivity contribution is 5.91. The fourth-order valence-electron chi connectivity index (χ4n) is 2.81. The molecule has 2 amide bonds. The number of methoxy groups -OCH3 is 1. The van der Waals surface area contributed by atoms with Crippen LogP contribution in [0.4, 0.5) is 13.2 Å². The second kappa shape index (κ2) is 11.8. The van der Waals surface area contributed by atoms with E-state index in [4.69, 9.17) is 13.9 Å². The van der Waals surface area contributed by atoms with Crippen molar-refractivity contribution in [1.82, 2.24) is 15.6 Å². The van der Waals surface area contributed by atoms with E-state index in [-0.39, 0.29) is 30.5 Å². The van der Waals surface area contributed by atoms with Crippen molar-refractivity contribution in [2.75, 3.05) is 20.3 Å². The Morgan fingerprint density at radius 3 is 2.29 bits per heavy atom. The van der Waals surface area contributed by atoms with Gasteiger partial charge in [0, 0.05) is 6.54 Å². The van der Waals surface area contributed by atoms with Gasteiger partial charge in [0.05, 0.1) is 13.7 Å². The number of ether oxygens (including phenoxy) is 3. The highest BCUT2D eigenvalue weighted by Crippen LogP contribution is 2.24. The third-order valence-electron chi connectivity index (χ3n) is 4.51. The van der Waals surface area contributed by atoms with E-state index in [0.29, 0.717) is 13.0 Å². The second-order valence-corrected chi connectivity index (χ2v) is 7.07.